The number of hydrogen-bond acceptors (Lipinski definition) is 4. The van der Waals surface area contributed by atoms with Crippen LogP contribution in [0.15, 0.2) is 12.7 Å². The minimum Gasteiger partial charge on any atom is -0.463 e. The molecule has 0 radical (unpaired) electrons. The van der Waals surface area contributed by atoms with Gasteiger partial charge in [0.1, 0.15) is 0 Å². The highest BCUT2D eigenvalue weighted by Crippen LogP contribution is 2.24. The summed E-state index contributed by atoms with van der Waals surface area (Å²) in [7, 11) is -5.35. The van der Waals surface area contributed by atoms with Gasteiger partial charge in [0.2, 0.25) is 0 Å². The molecule has 0 atom stereocenters. The van der Waals surface area contributed by atoms with E-state index in [-0.39, 0.29) is 13.0 Å². The number of esters is 1. The van der Waals surface area contributed by atoms with Crippen molar-refractivity contribution in [3.63, 3.8) is 0 Å². The third kappa shape index (κ3) is 6.58. The molecule has 0 aromatic heterocycles. The highest BCUT2D eigenvalue weighted by molar-refractivity contribution is 7.90. The third-order valence-electron chi connectivity index (χ3n) is 2.24. The van der Waals surface area contributed by atoms with Gasteiger partial charge in [-0.1, -0.05) is 20.4 Å². The van der Waals surface area contributed by atoms with Crippen molar-refractivity contribution in [2.75, 3.05) is 13.2 Å². The largest absolute Gasteiger partial charge is 0.511 e. The summed E-state index contributed by atoms with van der Waals surface area (Å²) in [4.78, 5) is 10.7. The predicted octanol–water partition coefficient (Wildman–Crippen LogP) is 1.57. The maximum atomic E-state index is 12.1. The van der Waals surface area contributed by atoms with Crippen LogP contribution in [0.1, 0.15) is 20.3 Å². The summed E-state index contributed by atoms with van der Waals surface area (Å²) in [6.45, 7) is 5.83. The fourth-order valence-corrected chi connectivity index (χ4v) is 1.69. The molecule has 0 fully saturated rings. The maximum Gasteiger partial charge on any atom is 0.511 e. The van der Waals surface area contributed by atoms with E-state index in [1.54, 1.807) is 13.8 Å². The van der Waals surface area contributed by atoms with Gasteiger partial charge in [-0.05, 0) is 11.8 Å². The molecule has 0 aliphatic rings. The lowest BCUT2D eigenvalue weighted by Crippen LogP contribution is -2.41. The number of alkyl halides is 3. The van der Waals surface area contributed by atoms with Crippen LogP contribution >= 0.6 is 0 Å². The number of hydrogen-bond donors (Lipinski definition) is 1. The first-order chi connectivity index (χ1) is 8.41. The first kappa shape index (κ1) is 17.9. The Morgan fingerprint density at radius 2 is 1.89 bits per heavy atom. The van der Waals surface area contributed by atoms with Crippen molar-refractivity contribution in [2.24, 2.45) is 5.41 Å². The van der Waals surface area contributed by atoms with E-state index in [4.69, 9.17) is 0 Å². The van der Waals surface area contributed by atoms with Gasteiger partial charge in [0.05, 0.1) is 6.61 Å². The number of halogens is 3. The normalized spacial score (nSPS) is 13.1. The molecule has 5 nitrogen and oxygen atoms in total. The van der Waals surface area contributed by atoms with E-state index in [1.165, 1.54) is 4.72 Å². The third-order valence-corrected chi connectivity index (χ3v) is 3.37. The van der Waals surface area contributed by atoms with E-state index in [1.807, 2.05) is 0 Å². The zero-order valence-electron chi connectivity index (χ0n) is 10.6. The van der Waals surface area contributed by atoms with E-state index in [0.717, 1.165) is 6.08 Å². The molecule has 19 heavy (non-hydrogen) atoms. The van der Waals surface area contributed by atoms with Gasteiger partial charge in [-0.2, -0.15) is 13.2 Å². The summed E-state index contributed by atoms with van der Waals surface area (Å²) in [6, 6.07) is 0. The topological polar surface area (TPSA) is 72.5 Å². The van der Waals surface area contributed by atoms with Gasteiger partial charge < -0.3 is 4.74 Å². The standard InChI is InChI=1S/C10H16F3NO4S/c1-4-8(15)18-6-5-9(2,3)7-14-19(16,17)10(11,12)13/h4,14H,1,5-7H2,2-3H3. The van der Waals surface area contributed by atoms with Gasteiger partial charge in [-0.25, -0.2) is 17.9 Å². The smallest absolute Gasteiger partial charge is 0.463 e. The molecule has 0 aliphatic heterocycles. The van der Waals surface area contributed by atoms with Crippen LogP contribution < -0.4 is 4.72 Å². The molecule has 0 aromatic rings. The Hall–Kier alpha value is -1.09. The average Bonchev–Trinajstić information content (AvgIpc) is 2.24. The Morgan fingerprint density at radius 3 is 2.32 bits per heavy atom. The Morgan fingerprint density at radius 1 is 1.37 bits per heavy atom. The van der Waals surface area contributed by atoms with Gasteiger partial charge in [0.25, 0.3) is 0 Å². The predicted molar refractivity (Wildman–Crippen MR) is 62.5 cm³/mol. The molecule has 0 rings (SSSR count). The number of nitrogens with one attached hydrogen (secondary N) is 1. The number of ether oxygens (including phenoxy) is 1. The zero-order chi connectivity index (χ0) is 15.3. The van der Waals surface area contributed by atoms with Crippen LogP contribution in [0.5, 0.6) is 0 Å². The second kappa shape index (κ2) is 6.38. The molecule has 1 N–H and O–H groups in total. The first-order valence-corrected chi connectivity index (χ1v) is 6.75. The van der Waals surface area contributed by atoms with E-state index in [9.17, 15) is 26.4 Å². The highest BCUT2D eigenvalue weighted by Gasteiger charge is 2.46. The van der Waals surface area contributed by atoms with Crippen molar-refractivity contribution < 1.29 is 31.1 Å². The lowest BCUT2D eigenvalue weighted by molar-refractivity contribution is -0.138. The van der Waals surface area contributed by atoms with Crippen molar-refractivity contribution >= 4 is 16.0 Å². The van der Waals surface area contributed by atoms with Crippen LogP contribution in [-0.4, -0.2) is 33.0 Å². The lowest BCUT2D eigenvalue weighted by atomic mass is 9.90. The van der Waals surface area contributed by atoms with Gasteiger partial charge >= 0.3 is 21.5 Å². The van der Waals surface area contributed by atoms with Crippen LogP contribution in [0.2, 0.25) is 0 Å². The summed E-state index contributed by atoms with van der Waals surface area (Å²) in [5.41, 5.74) is -6.13. The van der Waals surface area contributed by atoms with Crippen LogP contribution in [0, 0.1) is 5.41 Å². The molecule has 0 amide bonds. The fourth-order valence-electron chi connectivity index (χ4n) is 0.947. The zero-order valence-corrected chi connectivity index (χ0v) is 11.4. The lowest BCUT2D eigenvalue weighted by Gasteiger charge is -2.24. The molecule has 0 aliphatic carbocycles. The highest BCUT2D eigenvalue weighted by atomic mass is 32.2. The van der Waals surface area contributed by atoms with Crippen molar-refractivity contribution in [3.05, 3.63) is 12.7 Å². The number of carbonyl (C=O) groups excluding carboxylic acids is 1. The fraction of sp³-hybridized carbons (Fsp3) is 0.700. The van der Waals surface area contributed by atoms with Crippen molar-refractivity contribution in [1.82, 2.24) is 4.72 Å². The molecule has 0 saturated carbocycles. The number of rotatable bonds is 7. The van der Waals surface area contributed by atoms with Crippen molar-refractivity contribution in [1.29, 1.82) is 0 Å². The molecular weight excluding hydrogens is 287 g/mol. The van der Waals surface area contributed by atoms with Crippen LogP contribution in [-0.2, 0) is 19.6 Å². The second-order valence-corrected chi connectivity index (χ2v) is 6.31. The van der Waals surface area contributed by atoms with Gasteiger partial charge in [-0.15, -0.1) is 0 Å². The van der Waals surface area contributed by atoms with E-state index >= 15 is 0 Å². The Labute approximate surface area is 109 Å². The van der Waals surface area contributed by atoms with Gasteiger partial charge in [-0.3, -0.25) is 0 Å². The van der Waals surface area contributed by atoms with Gasteiger partial charge in [0.15, 0.2) is 0 Å². The molecule has 0 saturated heterocycles. The van der Waals surface area contributed by atoms with Crippen LogP contribution in [0.3, 0.4) is 0 Å². The second-order valence-electron chi connectivity index (χ2n) is 4.56. The van der Waals surface area contributed by atoms with Crippen LogP contribution in [0.4, 0.5) is 13.2 Å². The monoisotopic (exact) mass is 303 g/mol. The summed E-state index contributed by atoms with van der Waals surface area (Å²) in [6.07, 6.45) is 1.16. The minimum atomic E-state index is -5.35. The molecule has 0 unspecified atom stereocenters. The molecule has 9 heteroatoms. The first-order valence-electron chi connectivity index (χ1n) is 5.26. The molecular formula is C10H16F3NO4S. The number of sulfonamides is 1. The molecule has 112 valence electrons. The summed E-state index contributed by atoms with van der Waals surface area (Å²) >= 11 is 0. The van der Waals surface area contributed by atoms with E-state index in [2.05, 4.69) is 11.3 Å². The van der Waals surface area contributed by atoms with E-state index in [0.29, 0.717) is 0 Å². The molecule has 0 spiro atoms. The number of carbonyl (C=O) groups is 1. The SMILES string of the molecule is C=CC(=O)OCCC(C)(C)CNS(=O)(=O)C(F)(F)F. The maximum absolute atomic E-state index is 12.1. The molecule has 0 aromatic carbocycles. The summed E-state index contributed by atoms with van der Waals surface area (Å²) in [5.74, 6) is -0.647. The van der Waals surface area contributed by atoms with Crippen molar-refractivity contribution in [2.45, 2.75) is 25.8 Å². The summed E-state index contributed by atoms with van der Waals surface area (Å²) in [5, 5.41) is 0. The van der Waals surface area contributed by atoms with Crippen molar-refractivity contribution in [3.8, 4) is 0 Å². The van der Waals surface area contributed by atoms with E-state index < -0.39 is 33.5 Å². The molecule has 0 heterocycles. The average molecular weight is 303 g/mol. The molecule has 0 bridgehead atoms. The summed E-state index contributed by atoms with van der Waals surface area (Å²) < 4.78 is 64.0. The quantitative estimate of drug-likeness (QED) is 0.572. The Bertz CT molecular complexity index is 429. The van der Waals surface area contributed by atoms with Crippen LogP contribution in [0.25, 0.3) is 0 Å². The Balaban J connectivity index is 4.32. The Kier molecular flexibility index (Phi) is 6.01. The van der Waals surface area contributed by atoms with Gasteiger partial charge in [0, 0.05) is 12.6 Å². The minimum absolute atomic E-state index is 0.0361.